The number of hydrogen-bond donors (Lipinski definition) is 1. The molecular weight excluding hydrogens is 328 g/mol. The van der Waals surface area contributed by atoms with E-state index >= 15 is 0 Å². The molecule has 1 saturated heterocycles. The Balaban J connectivity index is 1.51. The van der Waals surface area contributed by atoms with Gasteiger partial charge in [0.25, 0.3) is 0 Å². The fourth-order valence-corrected chi connectivity index (χ4v) is 3.44. The molecule has 1 aliphatic heterocycles. The number of ether oxygens (including phenoxy) is 2. The van der Waals surface area contributed by atoms with Crippen molar-refractivity contribution < 1.29 is 14.3 Å². The molecule has 1 fully saturated rings. The van der Waals surface area contributed by atoms with Gasteiger partial charge in [0.05, 0.1) is 37.5 Å². The van der Waals surface area contributed by atoms with Crippen molar-refractivity contribution in [3.05, 3.63) is 23.5 Å². The summed E-state index contributed by atoms with van der Waals surface area (Å²) in [6.45, 7) is 2.69. The monoisotopic (exact) mass is 352 g/mol. The zero-order valence-electron chi connectivity index (χ0n) is 14.1. The van der Waals surface area contributed by atoms with Gasteiger partial charge in [-0.25, -0.2) is 4.98 Å². The third kappa shape index (κ3) is 4.54. The number of likely N-dealkylation sites (N-methyl/N-ethyl adjacent to an activating group) is 1. The topological polar surface area (TPSA) is 68.1 Å². The van der Waals surface area contributed by atoms with E-state index in [1.165, 1.54) is 0 Å². The molecule has 2 atom stereocenters. The zero-order valence-corrected chi connectivity index (χ0v) is 14.9. The molecule has 3 heterocycles. The number of hydrogen-bond acceptors (Lipinski definition) is 6. The molecule has 132 valence electrons. The maximum absolute atomic E-state index is 12.3. The predicted octanol–water partition coefficient (Wildman–Crippen LogP) is 0.790. The predicted molar refractivity (Wildman–Crippen MR) is 92.4 cm³/mol. The van der Waals surface area contributed by atoms with Crippen molar-refractivity contribution in [2.45, 2.75) is 25.0 Å². The lowest BCUT2D eigenvalue weighted by molar-refractivity contribution is -0.125. The van der Waals surface area contributed by atoms with E-state index in [1.54, 1.807) is 11.3 Å². The molecule has 24 heavy (non-hydrogen) atoms. The number of imidazole rings is 1. The summed E-state index contributed by atoms with van der Waals surface area (Å²) >= 11 is 1.56. The number of nitrogens with zero attached hydrogens (tertiary/aromatic N) is 3. The third-order valence-corrected chi connectivity index (χ3v) is 4.77. The largest absolute Gasteiger partial charge is 0.379 e. The molecule has 1 aliphatic rings. The smallest absolute Gasteiger partial charge is 0.226 e. The van der Waals surface area contributed by atoms with Crippen LogP contribution in [-0.2, 0) is 20.7 Å². The van der Waals surface area contributed by atoms with Crippen molar-refractivity contribution in [1.29, 1.82) is 0 Å². The first-order valence-corrected chi connectivity index (χ1v) is 9.04. The van der Waals surface area contributed by atoms with E-state index in [1.807, 2.05) is 36.3 Å². The highest BCUT2D eigenvalue weighted by molar-refractivity contribution is 7.15. The number of thiazole rings is 1. The summed E-state index contributed by atoms with van der Waals surface area (Å²) in [5.41, 5.74) is 0.779. The average Bonchev–Trinajstić information content (AvgIpc) is 3.09. The van der Waals surface area contributed by atoms with Gasteiger partial charge in [0, 0.05) is 30.9 Å². The number of amides is 1. The van der Waals surface area contributed by atoms with Gasteiger partial charge in [0.2, 0.25) is 5.91 Å². The van der Waals surface area contributed by atoms with E-state index in [0.29, 0.717) is 19.8 Å². The molecule has 0 spiro atoms. The second-order valence-electron chi connectivity index (χ2n) is 6.25. The quantitative estimate of drug-likeness (QED) is 0.798. The molecule has 2 aromatic rings. The third-order valence-electron chi connectivity index (χ3n) is 3.99. The second kappa shape index (κ2) is 8.06. The first-order valence-electron chi connectivity index (χ1n) is 8.16. The Bertz CT molecular complexity index is 641. The van der Waals surface area contributed by atoms with Crippen LogP contribution in [0, 0.1) is 0 Å². The highest BCUT2D eigenvalue weighted by Crippen LogP contribution is 2.14. The number of aromatic nitrogens is 2. The highest BCUT2D eigenvalue weighted by Gasteiger charge is 2.28. The molecule has 3 rings (SSSR count). The van der Waals surface area contributed by atoms with Crippen LogP contribution in [0.4, 0.5) is 0 Å². The van der Waals surface area contributed by atoms with Gasteiger partial charge in [0.15, 0.2) is 4.96 Å². The highest BCUT2D eigenvalue weighted by atomic mass is 32.1. The Morgan fingerprint density at radius 1 is 1.58 bits per heavy atom. The Morgan fingerprint density at radius 3 is 3.25 bits per heavy atom. The van der Waals surface area contributed by atoms with Crippen LogP contribution in [0.25, 0.3) is 4.96 Å². The normalized spacial score (nSPS) is 21.5. The minimum absolute atomic E-state index is 0.00754. The van der Waals surface area contributed by atoms with Crippen LogP contribution in [0.15, 0.2) is 17.8 Å². The SMILES string of the molecule is CN(C)CCO[C@H]1CCOC[C@H]1NC(=O)Cc1cn2ccsc2n1. The molecule has 0 aliphatic carbocycles. The number of nitrogens with one attached hydrogen (secondary N) is 1. The van der Waals surface area contributed by atoms with Crippen LogP contribution in [0.1, 0.15) is 12.1 Å². The molecule has 1 amide bonds. The summed E-state index contributed by atoms with van der Waals surface area (Å²) in [6.07, 6.45) is 4.92. The van der Waals surface area contributed by atoms with Gasteiger partial charge in [-0.15, -0.1) is 11.3 Å². The van der Waals surface area contributed by atoms with Crippen molar-refractivity contribution in [1.82, 2.24) is 19.6 Å². The minimum atomic E-state index is -0.0999. The van der Waals surface area contributed by atoms with Crippen LogP contribution in [0.2, 0.25) is 0 Å². The second-order valence-corrected chi connectivity index (χ2v) is 7.12. The molecule has 2 aromatic heterocycles. The standard InChI is InChI=1S/C16H24N4O3S/c1-19(2)4-7-23-14-3-6-22-11-13(14)18-15(21)9-12-10-20-5-8-24-16(20)17-12/h5,8,10,13-14H,3-4,6-7,9,11H2,1-2H3,(H,18,21)/t13-,14+/m1/s1. The van der Waals surface area contributed by atoms with Crippen LogP contribution < -0.4 is 5.32 Å². The van der Waals surface area contributed by atoms with Crippen molar-refractivity contribution >= 4 is 22.2 Å². The van der Waals surface area contributed by atoms with Gasteiger partial charge in [0.1, 0.15) is 0 Å². The van der Waals surface area contributed by atoms with Gasteiger partial charge >= 0.3 is 0 Å². The zero-order chi connectivity index (χ0) is 16.9. The molecular formula is C16H24N4O3S. The lowest BCUT2D eigenvalue weighted by Gasteiger charge is -2.32. The molecule has 7 nitrogen and oxygen atoms in total. The van der Waals surface area contributed by atoms with E-state index in [2.05, 4.69) is 15.2 Å². The summed E-state index contributed by atoms with van der Waals surface area (Å²) in [7, 11) is 4.03. The Hall–Kier alpha value is -1.48. The summed E-state index contributed by atoms with van der Waals surface area (Å²) in [4.78, 5) is 19.8. The maximum Gasteiger partial charge on any atom is 0.226 e. The van der Waals surface area contributed by atoms with Gasteiger partial charge in [-0.3, -0.25) is 9.20 Å². The van der Waals surface area contributed by atoms with Crippen LogP contribution in [0.3, 0.4) is 0 Å². The summed E-state index contributed by atoms with van der Waals surface area (Å²) < 4.78 is 13.4. The first kappa shape index (κ1) is 17.3. The van der Waals surface area contributed by atoms with Crippen molar-refractivity contribution in [2.24, 2.45) is 0 Å². The van der Waals surface area contributed by atoms with Crippen LogP contribution >= 0.6 is 11.3 Å². The molecule has 0 aromatic carbocycles. The average molecular weight is 352 g/mol. The lowest BCUT2D eigenvalue weighted by atomic mass is 10.1. The molecule has 8 heteroatoms. The number of carbonyl (C=O) groups is 1. The van der Waals surface area contributed by atoms with E-state index in [4.69, 9.17) is 9.47 Å². The fraction of sp³-hybridized carbons (Fsp3) is 0.625. The van der Waals surface area contributed by atoms with Crippen molar-refractivity contribution in [3.63, 3.8) is 0 Å². The minimum Gasteiger partial charge on any atom is -0.379 e. The van der Waals surface area contributed by atoms with E-state index in [9.17, 15) is 4.79 Å². The van der Waals surface area contributed by atoms with Crippen molar-refractivity contribution in [2.75, 3.05) is 40.5 Å². The van der Waals surface area contributed by atoms with Crippen LogP contribution in [-0.4, -0.2) is 72.8 Å². The molecule has 1 N–H and O–H groups in total. The summed E-state index contributed by atoms with van der Waals surface area (Å²) in [6, 6.07) is -0.0999. The molecule has 0 unspecified atom stereocenters. The van der Waals surface area contributed by atoms with Crippen LogP contribution in [0.5, 0.6) is 0 Å². The Morgan fingerprint density at radius 2 is 2.46 bits per heavy atom. The lowest BCUT2D eigenvalue weighted by Crippen LogP contribution is -2.51. The number of carbonyl (C=O) groups excluding carboxylic acids is 1. The molecule has 0 bridgehead atoms. The van der Waals surface area contributed by atoms with Crippen molar-refractivity contribution in [3.8, 4) is 0 Å². The summed E-state index contributed by atoms with van der Waals surface area (Å²) in [5, 5.41) is 5.02. The first-order chi connectivity index (χ1) is 11.6. The van der Waals surface area contributed by atoms with E-state index in [0.717, 1.165) is 23.6 Å². The summed E-state index contributed by atoms with van der Waals surface area (Å²) in [5.74, 6) is -0.0440. The Kier molecular flexibility index (Phi) is 5.83. The maximum atomic E-state index is 12.3. The van der Waals surface area contributed by atoms with Gasteiger partial charge in [-0.2, -0.15) is 0 Å². The van der Waals surface area contributed by atoms with Gasteiger partial charge < -0.3 is 19.7 Å². The van der Waals surface area contributed by atoms with E-state index in [-0.39, 0.29) is 24.5 Å². The number of fused-ring (bicyclic) bond motifs is 1. The van der Waals surface area contributed by atoms with E-state index < -0.39 is 0 Å². The molecule has 0 saturated carbocycles. The fourth-order valence-electron chi connectivity index (χ4n) is 2.72. The van der Waals surface area contributed by atoms with Gasteiger partial charge in [-0.1, -0.05) is 0 Å². The number of rotatable bonds is 7. The van der Waals surface area contributed by atoms with Gasteiger partial charge in [-0.05, 0) is 20.5 Å². The molecule has 0 radical (unpaired) electrons. The Labute approximate surface area is 145 Å².